The minimum Gasteiger partial charge on any atom is -0.350 e. The summed E-state index contributed by atoms with van der Waals surface area (Å²) >= 11 is 5.98. The van der Waals surface area contributed by atoms with Crippen LogP contribution in [0.15, 0.2) is 12.1 Å². The largest absolute Gasteiger partial charge is 0.350 e. The van der Waals surface area contributed by atoms with E-state index in [1.807, 2.05) is 6.92 Å². The molecular formula is C16H22ClFN2O. The maximum Gasteiger partial charge on any atom is 0.217 e. The summed E-state index contributed by atoms with van der Waals surface area (Å²) in [5, 5.41) is 6.39. The maximum atomic E-state index is 13.9. The van der Waals surface area contributed by atoms with E-state index in [1.165, 1.54) is 13.0 Å². The molecule has 3 nitrogen and oxygen atoms in total. The monoisotopic (exact) mass is 312 g/mol. The number of nitrogens with one attached hydrogen (secondary N) is 2. The zero-order valence-electron chi connectivity index (χ0n) is 12.5. The molecule has 1 aromatic carbocycles. The summed E-state index contributed by atoms with van der Waals surface area (Å²) in [5.74, 6) is -0.163. The Bertz CT molecular complexity index is 515. The lowest BCUT2D eigenvalue weighted by atomic mass is 9.84. The van der Waals surface area contributed by atoms with Gasteiger partial charge >= 0.3 is 0 Å². The van der Waals surface area contributed by atoms with Crippen molar-refractivity contribution >= 4 is 17.5 Å². The van der Waals surface area contributed by atoms with E-state index in [2.05, 4.69) is 10.6 Å². The first-order chi connectivity index (χ1) is 10.0. The van der Waals surface area contributed by atoms with Crippen molar-refractivity contribution in [3.63, 3.8) is 0 Å². The van der Waals surface area contributed by atoms with Crippen LogP contribution in [0.25, 0.3) is 0 Å². The third-order valence-corrected chi connectivity index (χ3v) is 4.36. The molecular weight excluding hydrogens is 291 g/mol. The van der Waals surface area contributed by atoms with Gasteiger partial charge in [-0.25, -0.2) is 4.39 Å². The lowest BCUT2D eigenvalue weighted by molar-refractivity contribution is -0.119. The molecule has 0 aliphatic carbocycles. The standard InChI is InChI=1S/C16H22ClFN2O/c1-3-16(20-10(2)21)13-9-15(18)14(17)8-12(13)11-4-6-19-7-5-11/h8-9,11,16,19H,3-7H2,1-2H3,(H,20,21)/t16-/m1/s1. The highest BCUT2D eigenvalue weighted by Crippen LogP contribution is 2.35. The first kappa shape index (κ1) is 16.2. The zero-order chi connectivity index (χ0) is 15.4. The number of carbonyl (C=O) groups excluding carboxylic acids is 1. The third kappa shape index (κ3) is 3.95. The quantitative estimate of drug-likeness (QED) is 0.893. The van der Waals surface area contributed by atoms with E-state index in [1.54, 1.807) is 6.07 Å². The summed E-state index contributed by atoms with van der Waals surface area (Å²) in [6, 6.07) is 3.07. The van der Waals surface area contributed by atoms with Crippen LogP contribution in [-0.4, -0.2) is 19.0 Å². The van der Waals surface area contributed by atoms with Gasteiger partial charge in [-0.2, -0.15) is 0 Å². The highest BCUT2D eigenvalue weighted by molar-refractivity contribution is 6.30. The van der Waals surface area contributed by atoms with E-state index in [0.717, 1.165) is 43.5 Å². The summed E-state index contributed by atoms with van der Waals surface area (Å²) in [6.07, 6.45) is 2.73. The van der Waals surface area contributed by atoms with Crippen LogP contribution in [0.3, 0.4) is 0 Å². The van der Waals surface area contributed by atoms with Gasteiger partial charge in [0.25, 0.3) is 0 Å². The molecule has 116 valence electrons. The molecule has 1 heterocycles. The molecule has 21 heavy (non-hydrogen) atoms. The Hall–Kier alpha value is -1.13. The number of benzene rings is 1. The van der Waals surface area contributed by atoms with Crippen LogP contribution in [0, 0.1) is 5.82 Å². The van der Waals surface area contributed by atoms with Gasteiger partial charge in [-0.3, -0.25) is 4.79 Å². The molecule has 5 heteroatoms. The van der Waals surface area contributed by atoms with Gasteiger partial charge in [-0.1, -0.05) is 18.5 Å². The van der Waals surface area contributed by atoms with E-state index in [0.29, 0.717) is 5.92 Å². The summed E-state index contributed by atoms with van der Waals surface area (Å²) in [6.45, 7) is 5.38. The molecule has 1 fully saturated rings. The highest BCUT2D eigenvalue weighted by Gasteiger charge is 2.24. The number of rotatable bonds is 4. The first-order valence-corrected chi connectivity index (χ1v) is 7.87. The number of amides is 1. The van der Waals surface area contributed by atoms with E-state index < -0.39 is 5.82 Å². The van der Waals surface area contributed by atoms with Crippen molar-refractivity contribution < 1.29 is 9.18 Å². The molecule has 1 atom stereocenters. The maximum absolute atomic E-state index is 13.9. The summed E-state index contributed by atoms with van der Waals surface area (Å²) in [5.41, 5.74) is 1.94. The molecule has 0 radical (unpaired) electrons. The van der Waals surface area contributed by atoms with E-state index >= 15 is 0 Å². The Kier molecular flexibility index (Phi) is 5.59. The van der Waals surface area contributed by atoms with Gasteiger partial charge in [-0.05, 0) is 61.5 Å². The number of carbonyl (C=O) groups is 1. The molecule has 1 aliphatic rings. The first-order valence-electron chi connectivity index (χ1n) is 7.49. The Balaban J connectivity index is 2.41. The summed E-state index contributed by atoms with van der Waals surface area (Å²) in [7, 11) is 0. The normalized spacial score (nSPS) is 17.5. The molecule has 0 bridgehead atoms. The van der Waals surface area contributed by atoms with E-state index in [9.17, 15) is 9.18 Å². The van der Waals surface area contributed by atoms with Crippen molar-refractivity contribution in [3.05, 3.63) is 34.1 Å². The molecule has 2 N–H and O–H groups in total. The van der Waals surface area contributed by atoms with Crippen LogP contribution < -0.4 is 10.6 Å². The minimum atomic E-state index is -0.423. The lowest BCUT2D eigenvalue weighted by Gasteiger charge is -2.28. The topological polar surface area (TPSA) is 41.1 Å². The smallest absolute Gasteiger partial charge is 0.217 e. The van der Waals surface area contributed by atoms with Crippen molar-refractivity contribution in [2.75, 3.05) is 13.1 Å². The molecule has 0 saturated carbocycles. The van der Waals surface area contributed by atoms with Crippen molar-refractivity contribution in [3.8, 4) is 0 Å². The van der Waals surface area contributed by atoms with E-state index in [4.69, 9.17) is 11.6 Å². The van der Waals surface area contributed by atoms with Gasteiger partial charge in [0, 0.05) is 6.92 Å². The molecule has 1 amide bonds. The fourth-order valence-corrected chi connectivity index (χ4v) is 3.18. The SMILES string of the molecule is CC[C@@H](NC(C)=O)c1cc(F)c(Cl)cc1C1CCNCC1. The van der Waals surface area contributed by atoms with Gasteiger partial charge in [0.05, 0.1) is 11.1 Å². The zero-order valence-corrected chi connectivity index (χ0v) is 13.3. The molecule has 0 aromatic heterocycles. The predicted molar refractivity (Wildman–Crippen MR) is 83.1 cm³/mol. The lowest BCUT2D eigenvalue weighted by Crippen LogP contribution is -2.30. The minimum absolute atomic E-state index is 0.103. The average molecular weight is 313 g/mol. The van der Waals surface area contributed by atoms with Crippen LogP contribution >= 0.6 is 11.6 Å². The van der Waals surface area contributed by atoms with Gasteiger partial charge in [0.2, 0.25) is 5.91 Å². The molecule has 2 rings (SSSR count). The molecule has 0 spiro atoms. The van der Waals surface area contributed by atoms with Gasteiger partial charge in [-0.15, -0.1) is 0 Å². The average Bonchev–Trinajstić information content (AvgIpc) is 2.48. The second-order valence-electron chi connectivity index (χ2n) is 5.58. The summed E-state index contributed by atoms with van der Waals surface area (Å²) < 4.78 is 13.9. The van der Waals surface area contributed by atoms with Crippen molar-refractivity contribution in [1.82, 2.24) is 10.6 Å². The second-order valence-corrected chi connectivity index (χ2v) is 5.99. The Morgan fingerprint density at radius 3 is 2.71 bits per heavy atom. The molecule has 1 aliphatic heterocycles. The second kappa shape index (κ2) is 7.23. The summed E-state index contributed by atoms with van der Waals surface area (Å²) in [4.78, 5) is 11.4. The van der Waals surface area contributed by atoms with Gasteiger partial charge in [0.1, 0.15) is 5.82 Å². The highest BCUT2D eigenvalue weighted by atomic mass is 35.5. The number of halogens is 2. The fourth-order valence-electron chi connectivity index (χ4n) is 3.01. The van der Waals surface area contributed by atoms with Crippen LogP contribution in [0.5, 0.6) is 0 Å². The van der Waals surface area contributed by atoms with Gasteiger partial charge in [0.15, 0.2) is 0 Å². The van der Waals surface area contributed by atoms with Gasteiger partial charge < -0.3 is 10.6 Å². The molecule has 1 saturated heterocycles. The number of piperidine rings is 1. The Labute approximate surface area is 130 Å². The number of hydrogen-bond donors (Lipinski definition) is 2. The van der Waals surface area contributed by atoms with Crippen LogP contribution in [0.1, 0.15) is 56.2 Å². The Morgan fingerprint density at radius 2 is 2.14 bits per heavy atom. The Morgan fingerprint density at radius 1 is 1.48 bits per heavy atom. The van der Waals surface area contributed by atoms with E-state index in [-0.39, 0.29) is 17.0 Å². The number of hydrogen-bond acceptors (Lipinski definition) is 2. The van der Waals surface area contributed by atoms with Crippen molar-refractivity contribution in [1.29, 1.82) is 0 Å². The molecule has 0 unspecified atom stereocenters. The fraction of sp³-hybridized carbons (Fsp3) is 0.562. The predicted octanol–water partition coefficient (Wildman–Crippen LogP) is 3.53. The van der Waals surface area contributed by atoms with Crippen LogP contribution in [-0.2, 0) is 4.79 Å². The van der Waals surface area contributed by atoms with Crippen LogP contribution in [0.2, 0.25) is 5.02 Å². The third-order valence-electron chi connectivity index (χ3n) is 4.07. The van der Waals surface area contributed by atoms with Crippen molar-refractivity contribution in [2.24, 2.45) is 0 Å². The van der Waals surface area contributed by atoms with Crippen molar-refractivity contribution in [2.45, 2.75) is 45.1 Å². The molecule has 1 aromatic rings. The van der Waals surface area contributed by atoms with Crippen LogP contribution in [0.4, 0.5) is 4.39 Å².